The molecule has 1 saturated heterocycles. The Kier molecular flexibility index (Phi) is 5.17. The monoisotopic (exact) mass is 416 g/mol. The Morgan fingerprint density at radius 1 is 1.24 bits per heavy atom. The Morgan fingerprint density at radius 2 is 2.03 bits per heavy atom. The van der Waals surface area contributed by atoms with Crippen molar-refractivity contribution < 1.29 is 14.3 Å². The quantitative estimate of drug-likeness (QED) is 0.778. The van der Waals surface area contributed by atoms with Gasteiger partial charge in [0.15, 0.2) is 0 Å². The van der Waals surface area contributed by atoms with Crippen molar-refractivity contribution in [3.8, 4) is 5.88 Å². The van der Waals surface area contributed by atoms with Gasteiger partial charge in [-0.05, 0) is 57.1 Å². The Bertz CT molecular complexity index is 905. The highest BCUT2D eigenvalue weighted by molar-refractivity contribution is 7.19. The van der Waals surface area contributed by atoms with Crippen LogP contribution in [0.15, 0.2) is 6.33 Å². The third kappa shape index (κ3) is 3.62. The molecule has 3 aliphatic rings. The van der Waals surface area contributed by atoms with E-state index in [2.05, 4.69) is 21.9 Å². The first kappa shape index (κ1) is 19.2. The third-order valence-electron chi connectivity index (χ3n) is 6.84. The maximum Gasteiger partial charge on any atom is 0.225 e. The molecule has 0 spiro atoms. The molecule has 5 rings (SSSR count). The van der Waals surface area contributed by atoms with E-state index in [9.17, 15) is 4.79 Å². The highest BCUT2D eigenvalue weighted by Crippen LogP contribution is 2.47. The number of hydrogen-bond acceptors (Lipinski definition) is 7. The molecule has 8 heteroatoms. The van der Waals surface area contributed by atoms with Crippen molar-refractivity contribution in [2.45, 2.75) is 69.1 Å². The minimum absolute atomic E-state index is 0.165. The van der Waals surface area contributed by atoms with E-state index in [0.717, 1.165) is 62.0 Å². The molecule has 156 valence electrons. The topological polar surface area (TPSA) is 90.6 Å². The Labute approximate surface area is 174 Å². The van der Waals surface area contributed by atoms with Crippen LogP contribution in [0.1, 0.15) is 54.9 Å². The Morgan fingerprint density at radius 3 is 2.72 bits per heavy atom. The number of ether oxygens (including phenoxy) is 2. The van der Waals surface area contributed by atoms with Gasteiger partial charge in [-0.25, -0.2) is 9.97 Å². The molecule has 0 bridgehead atoms. The molecule has 1 saturated carbocycles. The van der Waals surface area contributed by atoms with Gasteiger partial charge in [0.05, 0.1) is 24.6 Å². The summed E-state index contributed by atoms with van der Waals surface area (Å²) < 4.78 is 11.8. The predicted octanol–water partition coefficient (Wildman–Crippen LogP) is 2.62. The minimum atomic E-state index is -0.249. The van der Waals surface area contributed by atoms with Crippen LogP contribution in [0, 0.1) is 0 Å². The van der Waals surface area contributed by atoms with Gasteiger partial charge in [-0.1, -0.05) is 0 Å². The number of amides is 1. The average Bonchev–Trinajstić information content (AvgIpc) is 3.20. The van der Waals surface area contributed by atoms with Gasteiger partial charge in [0.25, 0.3) is 0 Å². The zero-order chi connectivity index (χ0) is 20.0. The second-order valence-electron chi connectivity index (χ2n) is 8.61. The number of carbonyl (C=O) groups excluding carboxylic acids is 1. The summed E-state index contributed by atoms with van der Waals surface area (Å²) in [6, 6.07) is 1.19. The molecule has 0 aromatic carbocycles. The highest BCUT2D eigenvalue weighted by Gasteiger charge is 2.34. The van der Waals surface area contributed by atoms with Crippen LogP contribution in [-0.2, 0) is 16.0 Å². The van der Waals surface area contributed by atoms with Crippen molar-refractivity contribution in [2.24, 2.45) is 5.73 Å². The van der Waals surface area contributed by atoms with Gasteiger partial charge < -0.3 is 15.2 Å². The lowest BCUT2D eigenvalue weighted by Crippen LogP contribution is -2.52. The number of nitrogens with zero attached hydrogens (tertiary/aromatic N) is 3. The fourth-order valence-corrected chi connectivity index (χ4v) is 6.29. The summed E-state index contributed by atoms with van der Waals surface area (Å²) in [5.41, 5.74) is 6.70. The number of aryl methyl sites for hydroxylation is 1. The lowest BCUT2D eigenvalue weighted by Gasteiger charge is -2.42. The molecule has 7 nitrogen and oxygen atoms in total. The molecule has 2 N–H and O–H groups in total. The van der Waals surface area contributed by atoms with Crippen LogP contribution in [0.25, 0.3) is 10.2 Å². The van der Waals surface area contributed by atoms with E-state index >= 15 is 0 Å². The molecule has 1 atom stereocenters. The maximum atomic E-state index is 11.5. The molecule has 1 amide bonds. The number of fused-ring (bicyclic) bond motifs is 3. The van der Waals surface area contributed by atoms with Crippen molar-refractivity contribution in [2.75, 3.05) is 20.3 Å². The lowest BCUT2D eigenvalue weighted by atomic mass is 9.91. The van der Waals surface area contributed by atoms with E-state index < -0.39 is 0 Å². The number of rotatable bonds is 6. The van der Waals surface area contributed by atoms with Crippen molar-refractivity contribution in [1.82, 2.24) is 14.9 Å². The molecule has 0 unspecified atom stereocenters. The summed E-state index contributed by atoms with van der Waals surface area (Å²) >= 11 is 1.71. The van der Waals surface area contributed by atoms with Crippen LogP contribution in [0.4, 0.5) is 0 Å². The number of nitrogens with two attached hydrogens (primary N) is 1. The first-order chi connectivity index (χ1) is 14.1. The summed E-state index contributed by atoms with van der Waals surface area (Å²) in [6.07, 6.45) is 8.46. The van der Waals surface area contributed by atoms with E-state index in [1.54, 1.807) is 17.7 Å². The Hall–Kier alpha value is -1.77. The number of primary amides is 1. The van der Waals surface area contributed by atoms with E-state index in [4.69, 9.17) is 15.2 Å². The summed E-state index contributed by atoms with van der Waals surface area (Å²) in [7, 11) is 2.22. The van der Waals surface area contributed by atoms with E-state index in [1.807, 2.05) is 0 Å². The third-order valence-corrected chi connectivity index (χ3v) is 8.01. The molecule has 0 radical (unpaired) electrons. The van der Waals surface area contributed by atoms with Crippen LogP contribution in [0.5, 0.6) is 5.88 Å². The van der Waals surface area contributed by atoms with Crippen molar-refractivity contribution >= 4 is 27.5 Å². The van der Waals surface area contributed by atoms with Crippen LogP contribution in [0.3, 0.4) is 0 Å². The van der Waals surface area contributed by atoms with Crippen molar-refractivity contribution in [1.29, 1.82) is 0 Å². The van der Waals surface area contributed by atoms with Gasteiger partial charge in [0.1, 0.15) is 17.3 Å². The Balaban J connectivity index is 1.32. The zero-order valence-corrected chi connectivity index (χ0v) is 17.6. The van der Waals surface area contributed by atoms with E-state index in [1.165, 1.54) is 10.4 Å². The molecule has 2 aromatic heterocycles. The van der Waals surface area contributed by atoms with Crippen molar-refractivity contribution in [3.63, 3.8) is 0 Å². The summed E-state index contributed by atoms with van der Waals surface area (Å²) in [5, 5.41) is 1.02. The van der Waals surface area contributed by atoms with Gasteiger partial charge in [-0.15, -0.1) is 11.3 Å². The number of aromatic nitrogens is 2. The molecule has 2 aliphatic carbocycles. The zero-order valence-electron chi connectivity index (χ0n) is 16.8. The second kappa shape index (κ2) is 7.81. The fourth-order valence-electron chi connectivity index (χ4n) is 5.06. The smallest absolute Gasteiger partial charge is 0.225 e. The first-order valence-corrected chi connectivity index (χ1v) is 11.4. The van der Waals surface area contributed by atoms with Crippen LogP contribution in [-0.4, -0.2) is 59.2 Å². The van der Waals surface area contributed by atoms with Crippen LogP contribution < -0.4 is 10.5 Å². The van der Waals surface area contributed by atoms with Crippen LogP contribution >= 0.6 is 11.3 Å². The number of likely N-dealkylation sites (N-methyl/N-ethyl adjacent to an activating group) is 1. The molecular formula is C21H28N4O3S. The van der Waals surface area contributed by atoms with Gasteiger partial charge in [-0.2, -0.15) is 0 Å². The summed E-state index contributed by atoms with van der Waals surface area (Å²) in [5.74, 6) is 0.604. The summed E-state index contributed by atoms with van der Waals surface area (Å²) in [6.45, 7) is 1.73. The molecule has 3 heterocycles. The number of carbonyl (C=O) groups is 1. The molecule has 2 fully saturated rings. The molecule has 29 heavy (non-hydrogen) atoms. The van der Waals surface area contributed by atoms with E-state index in [0.29, 0.717) is 24.4 Å². The fraction of sp³-hybridized carbons (Fsp3) is 0.667. The summed E-state index contributed by atoms with van der Waals surface area (Å²) in [4.78, 5) is 25.3. The number of hydrogen-bond donors (Lipinski definition) is 1. The SMILES string of the molecule is CN(C1CCC(Oc2ncnc3sc4c(c23)[C@@H](CC(N)=O)CC4)CC1)C1COC1. The van der Waals surface area contributed by atoms with Gasteiger partial charge >= 0.3 is 0 Å². The largest absolute Gasteiger partial charge is 0.474 e. The minimum Gasteiger partial charge on any atom is -0.474 e. The lowest BCUT2D eigenvalue weighted by molar-refractivity contribution is -0.118. The normalized spacial score (nSPS) is 27.2. The van der Waals surface area contributed by atoms with Gasteiger partial charge in [0.2, 0.25) is 11.8 Å². The standard InChI is InChI=1S/C21H28N4O3S/c1-25(14-9-27-10-14)13-3-5-15(6-4-13)28-20-19-18-12(8-17(22)26)2-7-16(18)29-21(19)24-11-23-20/h11-15H,2-10H2,1H3,(H2,22,26)/t12-,13?,15?/m1/s1. The van der Waals surface area contributed by atoms with E-state index in [-0.39, 0.29) is 17.9 Å². The molecule has 1 aliphatic heterocycles. The number of thiophene rings is 1. The van der Waals surface area contributed by atoms with Crippen molar-refractivity contribution in [3.05, 3.63) is 16.8 Å². The van der Waals surface area contributed by atoms with Gasteiger partial charge in [0, 0.05) is 17.3 Å². The maximum absolute atomic E-state index is 11.5. The molecular weight excluding hydrogens is 388 g/mol. The molecule has 2 aromatic rings. The highest BCUT2D eigenvalue weighted by atomic mass is 32.1. The van der Waals surface area contributed by atoms with Gasteiger partial charge in [-0.3, -0.25) is 9.69 Å². The second-order valence-corrected chi connectivity index (χ2v) is 9.69. The first-order valence-electron chi connectivity index (χ1n) is 10.6. The predicted molar refractivity (Wildman–Crippen MR) is 111 cm³/mol. The average molecular weight is 417 g/mol. The van der Waals surface area contributed by atoms with Crippen LogP contribution in [0.2, 0.25) is 0 Å².